The van der Waals surface area contributed by atoms with Gasteiger partial charge in [0.2, 0.25) is 0 Å². The third-order valence-corrected chi connectivity index (χ3v) is 3.48. The first kappa shape index (κ1) is 14.1. The molecule has 3 rings (SSSR count). The molecule has 0 amide bonds. The van der Waals surface area contributed by atoms with Crippen molar-refractivity contribution in [2.45, 2.75) is 27.2 Å². The summed E-state index contributed by atoms with van der Waals surface area (Å²) >= 11 is 6.14. The number of rotatable bonds is 2. The molecule has 0 aliphatic heterocycles. The van der Waals surface area contributed by atoms with Gasteiger partial charge in [0.15, 0.2) is 5.65 Å². The van der Waals surface area contributed by atoms with E-state index >= 15 is 0 Å². The molecule has 0 saturated heterocycles. The molecule has 0 atom stereocenters. The van der Waals surface area contributed by atoms with Gasteiger partial charge >= 0.3 is 0 Å². The second-order valence-corrected chi connectivity index (χ2v) is 6.86. The van der Waals surface area contributed by atoms with Crippen LogP contribution in [0.3, 0.4) is 0 Å². The predicted octanol–water partition coefficient (Wildman–Crippen LogP) is 4.66. The zero-order valence-corrected chi connectivity index (χ0v) is 13.2. The molecular formula is C17H18ClN3. The van der Waals surface area contributed by atoms with Gasteiger partial charge in [0.05, 0.1) is 5.69 Å². The lowest BCUT2D eigenvalue weighted by Crippen LogP contribution is -2.14. The first-order chi connectivity index (χ1) is 9.94. The average molecular weight is 300 g/mol. The number of benzene rings is 1. The van der Waals surface area contributed by atoms with Gasteiger partial charge in [-0.05, 0) is 35.7 Å². The standard InChI is InChI=1S/C17H18ClN3/c1-17(2,3)11-15-20-14-8-5-9-19-16(14)21(15)13-7-4-6-12(18)10-13/h4-10H,11H2,1-3H3. The minimum atomic E-state index is 0.150. The van der Waals surface area contributed by atoms with Crippen LogP contribution in [0.15, 0.2) is 42.6 Å². The Morgan fingerprint density at radius 3 is 2.67 bits per heavy atom. The number of pyridine rings is 1. The Hall–Kier alpha value is -1.87. The number of halogens is 1. The zero-order chi connectivity index (χ0) is 15.0. The van der Waals surface area contributed by atoms with Crippen LogP contribution in [0.25, 0.3) is 16.9 Å². The van der Waals surface area contributed by atoms with Crippen molar-refractivity contribution in [3.63, 3.8) is 0 Å². The quantitative estimate of drug-likeness (QED) is 0.689. The number of hydrogen-bond acceptors (Lipinski definition) is 2. The molecule has 0 aliphatic rings. The maximum absolute atomic E-state index is 6.14. The Kier molecular flexibility index (Phi) is 3.46. The summed E-state index contributed by atoms with van der Waals surface area (Å²) in [5, 5.41) is 0.715. The van der Waals surface area contributed by atoms with Crippen molar-refractivity contribution in [2.24, 2.45) is 5.41 Å². The van der Waals surface area contributed by atoms with Gasteiger partial charge in [-0.2, -0.15) is 0 Å². The summed E-state index contributed by atoms with van der Waals surface area (Å²) in [5.41, 5.74) is 2.94. The third kappa shape index (κ3) is 2.93. The maximum Gasteiger partial charge on any atom is 0.164 e. The third-order valence-electron chi connectivity index (χ3n) is 3.24. The smallest absolute Gasteiger partial charge is 0.164 e. The van der Waals surface area contributed by atoms with Gasteiger partial charge in [-0.15, -0.1) is 0 Å². The lowest BCUT2D eigenvalue weighted by molar-refractivity contribution is 0.399. The van der Waals surface area contributed by atoms with Crippen LogP contribution in [0.1, 0.15) is 26.6 Å². The first-order valence-electron chi connectivity index (χ1n) is 7.02. The van der Waals surface area contributed by atoms with Gasteiger partial charge in [0.25, 0.3) is 0 Å². The molecule has 0 unspecified atom stereocenters. The molecule has 0 fully saturated rings. The molecule has 0 bridgehead atoms. The molecule has 0 radical (unpaired) electrons. The van der Waals surface area contributed by atoms with E-state index in [4.69, 9.17) is 16.6 Å². The van der Waals surface area contributed by atoms with Crippen LogP contribution >= 0.6 is 11.6 Å². The number of aromatic nitrogens is 3. The molecule has 2 heterocycles. The first-order valence-corrected chi connectivity index (χ1v) is 7.40. The van der Waals surface area contributed by atoms with E-state index in [-0.39, 0.29) is 5.41 Å². The Labute approximate surface area is 129 Å². The minimum absolute atomic E-state index is 0.150. The van der Waals surface area contributed by atoms with Gasteiger partial charge < -0.3 is 0 Å². The van der Waals surface area contributed by atoms with Gasteiger partial charge in [-0.25, -0.2) is 9.97 Å². The lowest BCUT2D eigenvalue weighted by Gasteiger charge is -2.18. The summed E-state index contributed by atoms with van der Waals surface area (Å²) in [4.78, 5) is 9.26. The van der Waals surface area contributed by atoms with Crippen molar-refractivity contribution in [2.75, 3.05) is 0 Å². The summed E-state index contributed by atoms with van der Waals surface area (Å²) in [7, 11) is 0. The highest BCUT2D eigenvalue weighted by Gasteiger charge is 2.19. The van der Waals surface area contributed by atoms with Crippen LogP contribution in [-0.4, -0.2) is 14.5 Å². The van der Waals surface area contributed by atoms with Crippen molar-refractivity contribution in [1.82, 2.24) is 14.5 Å². The Morgan fingerprint density at radius 2 is 1.95 bits per heavy atom. The minimum Gasteiger partial charge on any atom is -0.281 e. The van der Waals surface area contributed by atoms with E-state index in [1.165, 1.54) is 0 Å². The molecular weight excluding hydrogens is 282 g/mol. The van der Waals surface area contributed by atoms with E-state index in [9.17, 15) is 0 Å². The molecule has 108 valence electrons. The Bertz CT molecular complexity index is 784. The fourth-order valence-corrected chi connectivity index (χ4v) is 2.62. The highest BCUT2D eigenvalue weighted by atomic mass is 35.5. The Morgan fingerprint density at radius 1 is 1.14 bits per heavy atom. The normalized spacial score (nSPS) is 12.0. The fourth-order valence-electron chi connectivity index (χ4n) is 2.44. The highest BCUT2D eigenvalue weighted by molar-refractivity contribution is 6.30. The van der Waals surface area contributed by atoms with Crippen LogP contribution in [-0.2, 0) is 6.42 Å². The molecule has 3 nitrogen and oxygen atoms in total. The van der Waals surface area contributed by atoms with Crippen LogP contribution < -0.4 is 0 Å². The fraction of sp³-hybridized carbons (Fsp3) is 0.294. The van der Waals surface area contributed by atoms with Crippen LogP contribution in [0.2, 0.25) is 5.02 Å². The van der Waals surface area contributed by atoms with Crippen molar-refractivity contribution < 1.29 is 0 Å². The van der Waals surface area contributed by atoms with Gasteiger partial charge in [0.1, 0.15) is 11.3 Å². The summed E-state index contributed by atoms with van der Waals surface area (Å²) in [6.07, 6.45) is 2.67. The summed E-state index contributed by atoms with van der Waals surface area (Å²) in [5.74, 6) is 1.01. The lowest BCUT2D eigenvalue weighted by atomic mass is 9.92. The maximum atomic E-state index is 6.14. The molecule has 3 aromatic rings. The number of hydrogen-bond donors (Lipinski definition) is 0. The molecule has 21 heavy (non-hydrogen) atoms. The predicted molar refractivity (Wildman–Crippen MR) is 87.0 cm³/mol. The topological polar surface area (TPSA) is 30.7 Å². The summed E-state index contributed by atoms with van der Waals surface area (Å²) < 4.78 is 2.10. The number of nitrogens with zero attached hydrogens (tertiary/aromatic N) is 3. The highest BCUT2D eigenvalue weighted by Crippen LogP contribution is 2.27. The van der Waals surface area contributed by atoms with Crippen LogP contribution in [0, 0.1) is 5.41 Å². The van der Waals surface area contributed by atoms with Crippen molar-refractivity contribution >= 4 is 22.8 Å². The molecule has 0 N–H and O–H groups in total. The van der Waals surface area contributed by atoms with E-state index in [1.54, 1.807) is 6.20 Å². The van der Waals surface area contributed by atoms with Crippen LogP contribution in [0.5, 0.6) is 0 Å². The number of imidazole rings is 1. The summed E-state index contributed by atoms with van der Waals surface area (Å²) in [6.45, 7) is 6.63. The molecule has 2 aromatic heterocycles. The van der Waals surface area contributed by atoms with Crippen LogP contribution in [0.4, 0.5) is 0 Å². The summed E-state index contributed by atoms with van der Waals surface area (Å²) in [6, 6.07) is 11.7. The van der Waals surface area contributed by atoms with E-state index in [1.807, 2.05) is 36.4 Å². The van der Waals surface area contributed by atoms with E-state index in [0.717, 1.165) is 29.1 Å². The van der Waals surface area contributed by atoms with Gasteiger partial charge in [-0.1, -0.05) is 38.4 Å². The second-order valence-electron chi connectivity index (χ2n) is 6.43. The molecule has 1 aromatic carbocycles. The van der Waals surface area contributed by atoms with E-state index < -0.39 is 0 Å². The van der Waals surface area contributed by atoms with Gasteiger partial charge in [-0.3, -0.25) is 4.57 Å². The molecule has 0 aliphatic carbocycles. The van der Waals surface area contributed by atoms with E-state index in [2.05, 4.69) is 30.3 Å². The SMILES string of the molecule is CC(C)(C)Cc1nc2cccnc2n1-c1cccc(Cl)c1. The van der Waals surface area contributed by atoms with Crippen molar-refractivity contribution in [3.05, 3.63) is 53.4 Å². The molecule has 0 spiro atoms. The van der Waals surface area contributed by atoms with Crippen molar-refractivity contribution in [1.29, 1.82) is 0 Å². The van der Waals surface area contributed by atoms with Gasteiger partial charge in [0, 0.05) is 17.6 Å². The van der Waals surface area contributed by atoms with Crippen molar-refractivity contribution in [3.8, 4) is 5.69 Å². The number of fused-ring (bicyclic) bond motifs is 1. The monoisotopic (exact) mass is 299 g/mol. The zero-order valence-electron chi connectivity index (χ0n) is 12.5. The Balaban J connectivity index is 2.25. The molecule has 4 heteroatoms. The van der Waals surface area contributed by atoms with E-state index in [0.29, 0.717) is 5.02 Å². The largest absolute Gasteiger partial charge is 0.281 e. The second kappa shape index (κ2) is 5.15. The molecule has 0 saturated carbocycles. The average Bonchev–Trinajstić information content (AvgIpc) is 2.74.